The molecule has 2 heterocycles. The van der Waals surface area contributed by atoms with Crippen LogP contribution >= 0.6 is 15.9 Å². The molecule has 3 rings (SSSR count). The fourth-order valence-electron chi connectivity index (χ4n) is 2.10. The Labute approximate surface area is 126 Å². The van der Waals surface area contributed by atoms with Gasteiger partial charge in [0.1, 0.15) is 5.82 Å². The number of nitrogens with zero attached hydrogens (tertiary/aromatic N) is 3. The molecule has 0 radical (unpaired) electrons. The molecule has 0 fully saturated rings. The number of hydrogen-bond acceptors (Lipinski definition) is 3. The maximum absolute atomic E-state index is 4.63. The zero-order valence-corrected chi connectivity index (χ0v) is 12.5. The van der Waals surface area contributed by atoms with Crippen molar-refractivity contribution in [2.75, 3.05) is 11.9 Å². The second-order valence-electron chi connectivity index (χ2n) is 4.56. The summed E-state index contributed by atoms with van der Waals surface area (Å²) in [6.45, 7) is 1.79. The summed E-state index contributed by atoms with van der Waals surface area (Å²) in [5.74, 6) is 0.907. The quantitative estimate of drug-likeness (QED) is 0.725. The summed E-state index contributed by atoms with van der Waals surface area (Å²) in [7, 11) is 0. The average Bonchev–Trinajstić information content (AvgIpc) is 2.98. The van der Waals surface area contributed by atoms with Gasteiger partial charge in [0.15, 0.2) is 0 Å². The fraction of sp³-hybridized carbons (Fsp3) is 0.200. The summed E-state index contributed by atoms with van der Waals surface area (Å²) >= 11 is 3.54. The molecular weight excluding hydrogens is 316 g/mol. The van der Waals surface area contributed by atoms with Crippen LogP contribution in [-0.2, 0) is 6.54 Å². The number of nitrogens with one attached hydrogen (secondary N) is 1. The van der Waals surface area contributed by atoms with E-state index in [1.54, 1.807) is 6.20 Å². The summed E-state index contributed by atoms with van der Waals surface area (Å²) in [4.78, 5) is 4.63. The van der Waals surface area contributed by atoms with Gasteiger partial charge in [0.2, 0.25) is 0 Å². The minimum atomic E-state index is 0.878. The third-order valence-electron chi connectivity index (χ3n) is 3.10. The second-order valence-corrected chi connectivity index (χ2v) is 5.41. The summed E-state index contributed by atoms with van der Waals surface area (Å²) in [6.07, 6.45) is 4.79. The predicted molar refractivity (Wildman–Crippen MR) is 84.8 cm³/mol. The topological polar surface area (TPSA) is 42.7 Å². The highest BCUT2D eigenvalue weighted by Gasteiger charge is 2.01. The highest BCUT2D eigenvalue weighted by atomic mass is 79.9. The van der Waals surface area contributed by atoms with Gasteiger partial charge in [-0.2, -0.15) is 5.10 Å². The monoisotopic (exact) mass is 330 g/mol. The molecule has 2 aromatic heterocycles. The van der Waals surface area contributed by atoms with Crippen LogP contribution in [0.15, 0.2) is 53.3 Å². The molecule has 0 aliphatic heterocycles. The van der Waals surface area contributed by atoms with Crippen molar-refractivity contribution < 1.29 is 0 Å². The van der Waals surface area contributed by atoms with Crippen LogP contribution in [0.1, 0.15) is 6.42 Å². The number of benzene rings is 1. The molecule has 1 aromatic carbocycles. The van der Waals surface area contributed by atoms with Crippen LogP contribution < -0.4 is 5.32 Å². The van der Waals surface area contributed by atoms with Gasteiger partial charge < -0.3 is 5.32 Å². The lowest BCUT2D eigenvalue weighted by Crippen LogP contribution is -2.08. The molecule has 1 N–H and O–H groups in total. The Bertz CT molecular complexity index is 694. The standard InChI is InChI=1S/C15H15BrN4/c16-13-5-1-4-12-6-7-14(19-15(12)13)17-8-2-10-20-11-3-9-18-20/h1,3-7,9,11H,2,8,10H2,(H,17,19). The van der Waals surface area contributed by atoms with E-state index in [9.17, 15) is 0 Å². The van der Waals surface area contributed by atoms with Crippen molar-refractivity contribution in [2.24, 2.45) is 0 Å². The lowest BCUT2D eigenvalue weighted by molar-refractivity contribution is 0.591. The number of aryl methyl sites for hydroxylation is 1. The van der Waals surface area contributed by atoms with E-state index in [4.69, 9.17) is 0 Å². The number of aromatic nitrogens is 3. The maximum Gasteiger partial charge on any atom is 0.126 e. The molecular formula is C15H15BrN4. The second kappa shape index (κ2) is 6.05. The van der Waals surface area contributed by atoms with Gasteiger partial charge in [-0.05, 0) is 46.6 Å². The van der Waals surface area contributed by atoms with Crippen LogP contribution in [0.25, 0.3) is 10.9 Å². The molecule has 0 spiro atoms. The number of para-hydroxylation sites is 1. The zero-order chi connectivity index (χ0) is 13.8. The van der Waals surface area contributed by atoms with Crippen molar-refractivity contribution in [3.8, 4) is 0 Å². The van der Waals surface area contributed by atoms with Gasteiger partial charge in [-0.25, -0.2) is 4.98 Å². The molecule has 0 aliphatic rings. The fourth-order valence-corrected chi connectivity index (χ4v) is 2.57. The van der Waals surface area contributed by atoms with Gasteiger partial charge in [0.05, 0.1) is 5.52 Å². The molecule has 0 saturated heterocycles. The van der Waals surface area contributed by atoms with Gasteiger partial charge >= 0.3 is 0 Å². The van der Waals surface area contributed by atoms with E-state index in [-0.39, 0.29) is 0 Å². The van der Waals surface area contributed by atoms with Gasteiger partial charge in [-0.15, -0.1) is 0 Å². The summed E-state index contributed by atoms with van der Waals surface area (Å²) in [6, 6.07) is 12.1. The van der Waals surface area contributed by atoms with Crippen molar-refractivity contribution in [2.45, 2.75) is 13.0 Å². The minimum absolute atomic E-state index is 0.878. The van der Waals surface area contributed by atoms with E-state index in [2.05, 4.69) is 43.5 Å². The number of rotatable bonds is 5. The van der Waals surface area contributed by atoms with Gasteiger partial charge in [-0.3, -0.25) is 4.68 Å². The number of pyridine rings is 1. The number of halogens is 1. The van der Waals surface area contributed by atoms with Gasteiger partial charge in [0, 0.05) is 35.3 Å². The Hall–Kier alpha value is -1.88. The van der Waals surface area contributed by atoms with Crippen LogP contribution in [0.2, 0.25) is 0 Å². The van der Waals surface area contributed by atoms with Crippen LogP contribution in [0.4, 0.5) is 5.82 Å². The summed E-state index contributed by atoms with van der Waals surface area (Å²) in [5.41, 5.74) is 0.990. The molecule has 20 heavy (non-hydrogen) atoms. The van der Waals surface area contributed by atoms with Gasteiger partial charge in [-0.1, -0.05) is 12.1 Å². The molecule has 5 heteroatoms. The van der Waals surface area contributed by atoms with Crippen LogP contribution in [-0.4, -0.2) is 21.3 Å². The van der Waals surface area contributed by atoms with Crippen molar-refractivity contribution in [3.05, 3.63) is 53.3 Å². The first kappa shape index (κ1) is 13.1. The third-order valence-corrected chi connectivity index (χ3v) is 3.74. The van der Waals surface area contributed by atoms with Crippen molar-refractivity contribution in [1.29, 1.82) is 0 Å². The smallest absolute Gasteiger partial charge is 0.126 e. The first-order valence-corrected chi connectivity index (χ1v) is 7.39. The van der Waals surface area contributed by atoms with E-state index in [1.165, 1.54) is 0 Å². The van der Waals surface area contributed by atoms with Crippen LogP contribution in [0.3, 0.4) is 0 Å². The third kappa shape index (κ3) is 2.99. The van der Waals surface area contributed by atoms with E-state index in [1.807, 2.05) is 35.1 Å². The Morgan fingerprint density at radius 2 is 2.10 bits per heavy atom. The molecule has 3 aromatic rings. The SMILES string of the molecule is Brc1cccc2ccc(NCCCn3cccn3)nc12. The molecule has 0 amide bonds. The number of fused-ring (bicyclic) bond motifs is 1. The molecule has 4 nitrogen and oxygen atoms in total. The molecule has 0 saturated carbocycles. The Balaban J connectivity index is 1.61. The Morgan fingerprint density at radius 3 is 2.95 bits per heavy atom. The Morgan fingerprint density at radius 1 is 1.15 bits per heavy atom. The van der Waals surface area contributed by atoms with Crippen LogP contribution in [0, 0.1) is 0 Å². The van der Waals surface area contributed by atoms with Crippen molar-refractivity contribution in [1.82, 2.24) is 14.8 Å². The first-order valence-electron chi connectivity index (χ1n) is 6.59. The summed E-state index contributed by atoms with van der Waals surface area (Å²) in [5, 5.41) is 8.67. The molecule has 0 atom stereocenters. The first-order chi connectivity index (χ1) is 9.83. The lowest BCUT2D eigenvalue weighted by Gasteiger charge is -2.07. The van der Waals surface area contributed by atoms with Gasteiger partial charge in [0.25, 0.3) is 0 Å². The van der Waals surface area contributed by atoms with Crippen molar-refractivity contribution in [3.63, 3.8) is 0 Å². The zero-order valence-electron chi connectivity index (χ0n) is 11.0. The molecule has 102 valence electrons. The highest BCUT2D eigenvalue weighted by molar-refractivity contribution is 9.10. The largest absolute Gasteiger partial charge is 0.370 e. The summed E-state index contributed by atoms with van der Waals surface area (Å²) < 4.78 is 2.96. The molecule has 0 unspecified atom stereocenters. The predicted octanol–water partition coefficient (Wildman–Crippen LogP) is 3.70. The highest BCUT2D eigenvalue weighted by Crippen LogP contribution is 2.23. The Kier molecular flexibility index (Phi) is 3.97. The number of anilines is 1. The lowest BCUT2D eigenvalue weighted by atomic mass is 10.2. The van der Waals surface area contributed by atoms with E-state index >= 15 is 0 Å². The molecule has 0 aliphatic carbocycles. The van der Waals surface area contributed by atoms with E-state index < -0.39 is 0 Å². The van der Waals surface area contributed by atoms with E-state index in [0.717, 1.165) is 40.7 Å². The normalized spacial score (nSPS) is 10.8. The molecule has 0 bridgehead atoms. The average molecular weight is 331 g/mol. The minimum Gasteiger partial charge on any atom is -0.370 e. The number of hydrogen-bond donors (Lipinski definition) is 1. The van der Waals surface area contributed by atoms with Crippen LogP contribution in [0.5, 0.6) is 0 Å². The van der Waals surface area contributed by atoms with Crippen molar-refractivity contribution >= 4 is 32.7 Å². The van der Waals surface area contributed by atoms with E-state index in [0.29, 0.717) is 0 Å². The maximum atomic E-state index is 4.63.